The third kappa shape index (κ3) is 9.95. The number of hydrogen-bond acceptors (Lipinski definition) is 5. The molecule has 9 heteroatoms. The molecule has 5 nitrogen and oxygen atoms in total. The summed E-state index contributed by atoms with van der Waals surface area (Å²) < 4.78 is 50.8. The van der Waals surface area contributed by atoms with Gasteiger partial charge >= 0.3 is 0 Å². The highest BCUT2D eigenvalue weighted by molar-refractivity contribution is 8.01. The van der Waals surface area contributed by atoms with Gasteiger partial charge in [0.15, 0.2) is 0 Å². The average molecular weight is 319 g/mol. The van der Waals surface area contributed by atoms with Crippen molar-refractivity contribution in [3.05, 3.63) is 0 Å². The molecule has 0 heterocycles. The summed E-state index contributed by atoms with van der Waals surface area (Å²) in [5, 5.41) is -0.351. The minimum atomic E-state index is -3.97. The summed E-state index contributed by atoms with van der Waals surface area (Å²) in [5.74, 6) is 0. The Morgan fingerprint density at radius 1 is 0.706 bits per heavy atom. The first kappa shape index (κ1) is 17.3. The molecule has 0 atom stereocenters. The molecule has 0 N–H and O–H groups in total. The maximum atomic E-state index is 11.6. The normalized spacial score (nSPS) is 14.9. The minimum Gasteiger partial charge on any atom is -0.199 e. The molecule has 0 aliphatic heterocycles. The van der Waals surface area contributed by atoms with E-state index in [-0.39, 0.29) is 10.8 Å². The first-order valence-electron chi connectivity index (χ1n) is 5.28. The first-order valence-corrected chi connectivity index (χ1v) is 15.9. The Kier molecular flexibility index (Phi) is 5.20. The van der Waals surface area contributed by atoms with Crippen LogP contribution < -0.4 is 0 Å². The van der Waals surface area contributed by atoms with Crippen LogP contribution in [0.5, 0.6) is 0 Å². The third-order valence-corrected chi connectivity index (χ3v) is 12.8. The maximum absolute atomic E-state index is 11.6. The van der Waals surface area contributed by atoms with Gasteiger partial charge in [0.2, 0.25) is 0 Å². The lowest BCUT2D eigenvalue weighted by molar-refractivity contribution is 0.468. The molecule has 17 heavy (non-hydrogen) atoms. The van der Waals surface area contributed by atoms with Crippen molar-refractivity contribution in [2.45, 2.75) is 39.3 Å². The van der Waals surface area contributed by atoms with E-state index >= 15 is 0 Å². The molecule has 0 aromatic carbocycles. The lowest BCUT2D eigenvalue weighted by Gasteiger charge is -2.18. The van der Waals surface area contributed by atoms with Gasteiger partial charge in [-0.1, -0.05) is 39.3 Å². The number of hydrogen-bond donors (Lipinski definition) is 0. The van der Waals surface area contributed by atoms with E-state index in [9.17, 15) is 16.8 Å². The summed E-state index contributed by atoms with van der Waals surface area (Å²) in [6.07, 6.45) is 0. The molecule has 0 saturated heterocycles. The SMILES string of the molecule is C[Si](C)(C)CS(=O)(=O)OS(=O)(=O)C[Si](C)(C)C. The molecule has 0 fully saturated rings. The molecule has 0 unspecified atom stereocenters. The van der Waals surface area contributed by atoms with E-state index in [1.807, 2.05) is 39.3 Å². The standard InChI is InChI=1S/C8H22O5S2Si2/c1-16(2,3)7-14(9,10)13-15(11,12)8-17(4,5)6/h7-8H2,1-6H3. The van der Waals surface area contributed by atoms with Gasteiger partial charge in [0.05, 0.1) is 26.9 Å². The Morgan fingerprint density at radius 3 is 1.12 bits per heavy atom. The average Bonchev–Trinajstić information content (AvgIpc) is 1.65. The maximum Gasteiger partial charge on any atom is 0.279 e. The van der Waals surface area contributed by atoms with Crippen LogP contribution in [0.25, 0.3) is 0 Å². The molecule has 0 aliphatic rings. The quantitative estimate of drug-likeness (QED) is 0.692. The summed E-state index contributed by atoms with van der Waals surface area (Å²) in [6, 6.07) is 0. The van der Waals surface area contributed by atoms with Crippen molar-refractivity contribution in [2.24, 2.45) is 0 Å². The fraction of sp³-hybridized carbons (Fsp3) is 1.00. The Morgan fingerprint density at radius 2 is 0.941 bits per heavy atom. The summed E-state index contributed by atoms with van der Waals surface area (Å²) >= 11 is 0. The Bertz CT molecular complexity index is 409. The highest BCUT2D eigenvalue weighted by Gasteiger charge is 2.32. The predicted molar refractivity (Wildman–Crippen MR) is 75.4 cm³/mol. The van der Waals surface area contributed by atoms with Crippen LogP contribution in [0, 0.1) is 0 Å². The smallest absolute Gasteiger partial charge is 0.199 e. The second-order valence-electron chi connectivity index (χ2n) is 6.59. The number of rotatable bonds is 6. The molecule has 0 saturated carbocycles. The van der Waals surface area contributed by atoms with Crippen molar-refractivity contribution in [3.8, 4) is 0 Å². The van der Waals surface area contributed by atoms with Crippen molar-refractivity contribution >= 4 is 36.4 Å². The zero-order valence-corrected chi connectivity index (χ0v) is 14.9. The summed E-state index contributed by atoms with van der Waals surface area (Å²) in [4.78, 5) is 0. The molecule has 0 bridgehead atoms. The zero-order chi connectivity index (χ0) is 14.1. The summed E-state index contributed by atoms with van der Waals surface area (Å²) in [7, 11) is -11.8. The molecule has 0 radical (unpaired) electrons. The van der Waals surface area contributed by atoms with E-state index in [1.54, 1.807) is 0 Å². The van der Waals surface area contributed by atoms with Crippen LogP contribution in [0.2, 0.25) is 39.3 Å². The molecular weight excluding hydrogens is 296 g/mol. The molecule has 0 aromatic rings. The van der Waals surface area contributed by atoms with Crippen LogP contribution in [-0.2, 0) is 23.9 Å². The second kappa shape index (κ2) is 5.12. The highest BCUT2D eigenvalue weighted by atomic mass is 32.3. The van der Waals surface area contributed by atoms with Crippen molar-refractivity contribution < 1.29 is 20.5 Å². The fourth-order valence-electron chi connectivity index (χ4n) is 1.27. The van der Waals surface area contributed by atoms with Gasteiger partial charge in [-0.25, -0.2) is 0 Å². The summed E-state index contributed by atoms with van der Waals surface area (Å²) in [6.45, 7) is 11.1. The molecule has 0 aliphatic carbocycles. The zero-order valence-electron chi connectivity index (χ0n) is 11.3. The lowest BCUT2D eigenvalue weighted by Crippen LogP contribution is -2.38. The van der Waals surface area contributed by atoms with Gasteiger partial charge in [-0.05, 0) is 0 Å². The molecule has 0 amide bonds. The molecule has 0 rings (SSSR count). The monoisotopic (exact) mass is 318 g/mol. The second-order valence-corrected chi connectivity index (χ2v) is 21.9. The van der Waals surface area contributed by atoms with Crippen LogP contribution in [-0.4, -0.2) is 43.7 Å². The van der Waals surface area contributed by atoms with Gasteiger partial charge < -0.3 is 0 Å². The largest absolute Gasteiger partial charge is 0.279 e. The van der Waals surface area contributed by atoms with E-state index in [2.05, 4.69) is 3.63 Å². The Balaban J connectivity index is 4.86. The van der Waals surface area contributed by atoms with Crippen molar-refractivity contribution in [1.29, 1.82) is 0 Å². The fourth-order valence-corrected chi connectivity index (χ4v) is 12.3. The van der Waals surface area contributed by atoms with Crippen LogP contribution in [0.15, 0.2) is 0 Å². The topological polar surface area (TPSA) is 77.5 Å². The van der Waals surface area contributed by atoms with E-state index in [0.29, 0.717) is 0 Å². The molecular formula is C8H22O5S2Si2. The molecule has 0 spiro atoms. The van der Waals surface area contributed by atoms with E-state index in [4.69, 9.17) is 0 Å². The van der Waals surface area contributed by atoms with Gasteiger partial charge in [-0.3, -0.25) is 0 Å². The van der Waals surface area contributed by atoms with Gasteiger partial charge in [0.25, 0.3) is 20.2 Å². The molecule has 0 aromatic heterocycles. The Labute approximate surface area is 107 Å². The Hall–Kier alpha value is 0.294. The van der Waals surface area contributed by atoms with Crippen molar-refractivity contribution in [2.75, 3.05) is 10.8 Å². The highest BCUT2D eigenvalue weighted by Crippen LogP contribution is 2.13. The third-order valence-electron chi connectivity index (χ3n) is 1.43. The van der Waals surface area contributed by atoms with Gasteiger partial charge in [-0.2, -0.15) is 16.8 Å². The summed E-state index contributed by atoms with van der Waals surface area (Å²) in [5.41, 5.74) is 0. The van der Waals surface area contributed by atoms with Crippen molar-refractivity contribution in [1.82, 2.24) is 0 Å². The van der Waals surface area contributed by atoms with Gasteiger partial charge in [0, 0.05) is 0 Å². The van der Waals surface area contributed by atoms with E-state index < -0.39 is 36.4 Å². The van der Waals surface area contributed by atoms with E-state index in [1.165, 1.54) is 0 Å². The minimum absolute atomic E-state index is 0.176. The van der Waals surface area contributed by atoms with Crippen molar-refractivity contribution in [3.63, 3.8) is 0 Å². The predicted octanol–water partition coefficient (Wildman–Crippen LogP) is 1.42. The van der Waals surface area contributed by atoms with Gasteiger partial charge in [0.1, 0.15) is 0 Å². The van der Waals surface area contributed by atoms with Crippen LogP contribution in [0.1, 0.15) is 0 Å². The lowest BCUT2D eigenvalue weighted by atomic mass is 11.8. The van der Waals surface area contributed by atoms with Crippen LogP contribution in [0.3, 0.4) is 0 Å². The van der Waals surface area contributed by atoms with E-state index in [0.717, 1.165) is 0 Å². The van der Waals surface area contributed by atoms with Crippen LogP contribution >= 0.6 is 0 Å². The van der Waals surface area contributed by atoms with Gasteiger partial charge in [-0.15, -0.1) is 3.63 Å². The molecule has 104 valence electrons. The first-order chi connectivity index (χ1) is 7.12. The van der Waals surface area contributed by atoms with Crippen LogP contribution in [0.4, 0.5) is 0 Å².